The number of aromatic hydroxyl groups is 1. The van der Waals surface area contributed by atoms with Crippen molar-refractivity contribution in [2.75, 3.05) is 12.4 Å². The van der Waals surface area contributed by atoms with Crippen molar-refractivity contribution in [1.29, 1.82) is 0 Å². The summed E-state index contributed by atoms with van der Waals surface area (Å²) >= 11 is 1.67. The van der Waals surface area contributed by atoms with Gasteiger partial charge in [0.05, 0.1) is 29.1 Å². The van der Waals surface area contributed by atoms with Crippen molar-refractivity contribution < 1.29 is 14.3 Å². The van der Waals surface area contributed by atoms with Crippen LogP contribution in [0, 0.1) is 6.92 Å². The number of para-hydroxylation sites is 1. The first-order valence-electron chi connectivity index (χ1n) is 10.2. The molecule has 0 radical (unpaired) electrons. The summed E-state index contributed by atoms with van der Waals surface area (Å²) < 4.78 is 10.9. The fourth-order valence-corrected chi connectivity index (χ4v) is 4.99. The summed E-state index contributed by atoms with van der Waals surface area (Å²) in [5.74, 6) is 0.686. The van der Waals surface area contributed by atoms with Crippen LogP contribution in [-0.4, -0.2) is 12.2 Å². The van der Waals surface area contributed by atoms with Crippen LogP contribution < -0.4 is 15.7 Å². The highest BCUT2D eigenvalue weighted by atomic mass is 32.2. The van der Waals surface area contributed by atoms with Crippen LogP contribution in [0.25, 0.3) is 16.7 Å². The van der Waals surface area contributed by atoms with Gasteiger partial charge in [0.15, 0.2) is 0 Å². The van der Waals surface area contributed by atoms with Gasteiger partial charge in [0.25, 0.3) is 0 Å². The maximum atomic E-state index is 13.0. The van der Waals surface area contributed by atoms with Crippen LogP contribution in [0.4, 0.5) is 5.69 Å². The van der Waals surface area contributed by atoms with E-state index in [4.69, 9.17) is 9.15 Å². The molecule has 0 saturated carbocycles. The third kappa shape index (κ3) is 3.63. The first-order chi connectivity index (χ1) is 15.5. The second-order valence-electron chi connectivity index (χ2n) is 7.63. The SMILES string of the molecule is COc1ccc(C2C=C(c3c(O)c4ccc(C)cc4oc3=O)Nc3ccccc3S2)cc1. The number of benzene rings is 3. The van der Waals surface area contributed by atoms with E-state index < -0.39 is 5.63 Å². The van der Waals surface area contributed by atoms with Crippen molar-refractivity contribution in [2.45, 2.75) is 17.1 Å². The Morgan fingerprint density at radius 2 is 1.84 bits per heavy atom. The number of nitrogens with one attached hydrogen (secondary N) is 1. The Hall–Kier alpha value is -3.64. The maximum Gasteiger partial charge on any atom is 0.349 e. The molecule has 5 rings (SSSR count). The van der Waals surface area contributed by atoms with E-state index in [1.165, 1.54) is 0 Å². The summed E-state index contributed by atoms with van der Waals surface area (Å²) in [7, 11) is 1.64. The van der Waals surface area contributed by atoms with Crippen molar-refractivity contribution in [1.82, 2.24) is 0 Å². The smallest absolute Gasteiger partial charge is 0.349 e. The lowest BCUT2D eigenvalue weighted by atomic mass is 10.0. The highest BCUT2D eigenvalue weighted by Gasteiger charge is 2.24. The normalized spacial score (nSPS) is 15.4. The number of anilines is 1. The van der Waals surface area contributed by atoms with Crippen molar-refractivity contribution in [3.8, 4) is 11.5 Å². The predicted octanol–water partition coefficient (Wildman–Crippen LogP) is 6.12. The average molecular weight is 444 g/mol. The zero-order valence-electron chi connectivity index (χ0n) is 17.6. The second kappa shape index (κ2) is 8.13. The van der Waals surface area contributed by atoms with Gasteiger partial charge >= 0.3 is 5.63 Å². The molecule has 6 heteroatoms. The molecule has 0 saturated heterocycles. The first-order valence-corrected chi connectivity index (χ1v) is 11.1. The lowest BCUT2D eigenvalue weighted by molar-refractivity contribution is 0.414. The summed E-state index contributed by atoms with van der Waals surface area (Å²) in [6, 6.07) is 21.1. The molecule has 1 aliphatic heterocycles. The molecule has 0 fully saturated rings. The minimum absolute atomic E-state index is 0.0899. The minimum atomic E-state index is -0.586. The van der Waals surface area contributed by atoms with Crippen LogP contribution in [0.2, 0.25) is 0 Å². The molecule has 0 amide bonds. The molecule has 1 atom stereocenters. The third-order valence-corrected chi connectivity index (χ3v) is 6.75. The Morgan fingerprint density at radius 3 is 2.62 bits per heavy atom. The Bertz CT molecular complexity index is 1410. The highest BCUT2D eigenvalue weighted by Crippen LogP contribution is 2.45. The average Bonchev–Trinajstić information content (AvgIpc) is 2.98. The van der Waals surface area contributed by atoms with E-state index in [0.717, 1.165) is 27.5 Å². The quantitative estimate of drug-likeness (QED) is 0.372. The maximum absolute atomic E-state index is 13.0. The molecule has 1 aromatic heterocycles. The fraction of sp³-hybridized carbons (Fsp3) is 0.115. The van der Waals surface area contributed by atoms with Crippen LogP contribution in [0.1, 0.15) is 21.9 Å². The van der Waals surface area contributed by atoms with E-state index in [0.29, 0.717) is 16.7 Å². The molecule has 32 heavy (non-hydrogen) atoms. The van der Waals surface area contributed by atoms with Gasteiger partial charge in [0.2, 0.25) is 0 Å². The van der Waals surface area contributed by atoms with E-state index >= 15 is 0 Å². The molecular weight excluding hydrogens is 422 g/mol. The topological polar surface area (TPSA) is 71.7 Å². The number of methoxy groups -OCH3 is 1. The van der Waals surface area contributed by atoms with Gasteiger partial charge in [-0.3, -0.25) is 0 Å². The van der Waals surface area contributed by atoms with Crippen molar-refractivity contribution in [2.24, 2.45) is 0 Å². The van der Waals surface area contributed by atoms with Crippen LogP contribution in [0.5, 0.6) is 11.5 Å². The molecule has 4 aromatic rings. The van der Waals surface area contributed by atoms with E-state index in [-0.39, 0.29) is 16.6 Å². The van der Waals surface area contributed by atoms with Gasteiger partial charge in [-0.2, -0.15) is 0 Å². The minimum Gasteiger partial charge on any atom is -0.506 e. The number of rotatable bonds is 3. The molecule has 0 bridgehead atoms. The number of hydrogen-bond acceptors (Lipinski definition) is 6. The van der Waals surface area contributed by atoms with E-state index in [9.17, 15) is 9.90 Å². The van der Waals surface area contributed by atoms with E-state index in [1.54, 1.807) is 31.0 Å². The van der Waals surface area contributed by atoms with Gasteiger partial charge in [-0.05, 0) is 60.5 Å². The summed E-state index contributed by atoms with van der Waals surface area (Å²) in [6.07, 6.45) is 1.96. The first kappa shape index (κ1) is 20.3. The molecule has 0 spiro atoms. The van der Waals surface area contributed by atoms with Crippen molar-refractivity contribution in [3.05, 3.63) is 99.9 Å². The number of fused-ring (bicyclic) bond motifs is 2. The Kier molecular flexibility index (Phi) is 5.15. The lowest BCUT2D eigenvalue weighted by Gasteiger charge is -2.14. The van der Waals surface area contributed by atoms with Crippen LogP contribution >= 0.6 is 11.8 Å². The zero-order chi connectivity index (χ0) is 22.2. The summed E-state index contributed by atoms with van der Waals surface area (Å²) in [6.45, 7) is 1.91. The van der Waals surface area contributed by atoms with Crippen molar-refractivity contribution in [3.63, 3.8) is 0 Å². The summed E-state index contributed by atoms with van der Waals surface area (Å²) in [5.41, 5.74) is 3.28. The highest BCUT2D eigenvalue weighted by molar-refractivity contribution is 7.99. The summed E-state index contributed by atoms with van der Waals surface area (Å²) in [4.78, 5) is 14.0. The molecule has 1 unspecified atom stereocenters. The van der Waals surface area contributed by atoms with Crippen LogP contribution in [0.15, 0.2) is 86.9 Å². The van der Waals surface area contributed by atoms with Gasteiger partial charge in [-0.15, -0.1) is 11.8 Å². The number of hydrogen-bond donors (Lipinski definition) is 2. The molecule has 3 aromatic carbocycles. The monoisotopic (exact) mass is 443 g/mol. The molecule has 2 heterocycles. The number of ether oxygens (including phenoxy) is 1. The molecule has 160 valence electrons. The number of thioether (sulfide) groups is 1. The van der Waals surface area contributed by atoms with Gasteiger partial charge in [-0.1, -0.05) is 30.3 Å². The standard InChI is InChI=1S/C26H21NO4S/c1-15-7-12-18-21(13-15)31-26(29)24(25(18)28)20-14-23(16-8-10-17(30-2)11-9-16)32-22-6-4-3-5-19(22)27-20/h3-14,23,27-28H,1-2H3. The van der Waals surface area contributed by atoms with Gasteiger partial charge in [0.1, 0.15) is 22.6 Å². The Balaban J connectivity index is 1.70. The lowest BCUT2D eigenvalue weighted by Crippen LogP contribution is -2.12. The van der Waals surface area contributed by atoms with Gasteiger partial charge < -0.3 is 19.6 Å². The number of aryl methyl sites for hydroxylation is 1. The van der Waals surface area contributed by atoms with Crippen LogP contribution in [0.3, 0.4) is 0 Å². The molecule has 0 aliphatic carbocycles. The Labute approximate surface area is 189 Å². The fourth-order valence-electron chi connectivity index (χ4n) is 3.81. The van der Waals surface area contributed by atoms with Crippen LogP contribution in [-0.2, 0) is 0 Å². The predicted molar refractivity (Wildman–Crippen MR) is 129 cm³/mol. The Morgan fingerprint density at radius 1 is 1.06 bits per heavy atom. The largest absolute Gasteiger partial charge is 0.506 e. The van der Waals surface area contributed by atoms with Gasteiger partial charge in [0, 0.05) is 4.90 Å². The van der Waals surface area contributed by atoms with E-state index in [2.05, 4.69) is 5.32 Å². The summed E-state index contributed by atoms with van der Waals surface area (Å²) in [5, 5.41) is 14.8. The molecule has 2 N–H and O–H groups in total. The second-order valence-corrected chi connectivity index (χ2v) is 8.81. The van der Waals surface area contributed by atoms with Crippen molar-refractivity contribution >= 4 is 34.1 Å². The van der Waals surface area contributed by atoms with Gasteiger partial charge in [-0.25, -0.2) is 4.79 Å². The zero-order valence-corrected chi connectivity index (χ0v) is 18.4. The van der Waals surface area contributed by atoms with E-state index in [1.807, 2.05) is 67.6 Å². The molecular formula is C26H21NO4S. The third-order valence-electron chi connectivity index (χ3n) is 5.48. The molecule has 5 nitrogen and oxygen atoms in total. The molecule has 1 aliphatic rings.